The molecule has 138 valence electrons. The molecule has 0 bridgehead atoms. The van der Waals surface area contributed by atoms with Crippen LogP contribution in [0.5, 0.6) is 0 Å². The number of para-hydroxylation sites is 1. The van der Waals surface area contributed by atoms with Crippen LogP contribution in [0.3, 0.4) is 0 Å². The first-order chi connectivity index (χ1) is 13.0. The second-order valence-electron chi connectivity index (χ2n) is 6.12. The number of ether oxygens (including phenoxy) is 1. The lowest BCUT2D eigenvalue weighted by atomic mass is 10.1. The van der Waals surface area contributed by atoms with Crippen molar-refractivity contribution in [2.75, 3.05) is 11.9 Å². The molecule has 1 heterocycles. The monoisotopic (exact) mass is 364 g/mol. The van der Waals surface area contributed by atoms with Gasteiger partial charge in [0.05, 0.1) is 17.7 Å². The Kier molecular flexibility index (Phi) is 5.35. The Morgan fingerprint density at radius 3 is 2.63 bits per heavy atom. The number of amides is 1. The van der Waals surface area contributed by atoms with Gasteiger partial charge in [0.1, 0.15) is 6.54 Å². The van der Waals surface area contributed by atoms with Gasteiger partial charge in [0.25, 0.3) is 5.56 Å². The van der Waals surface area contributed by atoms with E-state index in [1.807, 2.05) is 31.2 Å². The van der Waals surface area contributed by atoms with E-state index in [4.69, 9.17) is 4.74 Å². The van der Waals surface area contributed by atoms with Crippen LogP contribution in [0.2, 0.25) is 0 Å². The van der Waals surface area contributed by atoms with Crippen molar-refractivity contribution < 1.29 is 14.3 Å². The summed E-state index contributed by atoms with van der Waals surface area (Å²) in [7, 11) is 0. The Morgan fingerprint density at radius 2 is 1.85 bits per heavy atom. The van der Waals surface area contributed by atoms with Gasteiger partial charge in [0, 0.05) is 17.1 Å². The van der Waals surface area contributed by atoms with Crippen molar-refractivity contribution in [1.29, 1.82) is 0 Å². The average Bonchev–Trinajstić information content (AvgIpc) is 2.65. The molecule has 3 rings (SSSR count). The molecule has 0 aliphatic heterocycles. The lowest BCUT2D eigenvalue weighted by Gasteiger charge is -2.12. The maximum absolute atomic E-state index is 12.5. The zero-order valence-corrected chi connectivity index (χ0v) is 15.2. The lowest BCUT2D eigenvalue weighted by molar-refractivity contribution is -0.116. The lowest BCUT2D eigenvalue weighted by Crippen LogP contribution is -2.28. The molecule has 0 aliphatic carbocycles. The maximum Gasteiger partial charge on any atom is 0.338 e. The largest absolute Gasteiger partial charge is 0.462 e. The van der Waals surface area contributed by atoms with Gasteiger partial charge in [0.15, 0.2) is 0 Å². The van der Waals surface area contributed by atoms with Gasteiger partial charge in [0.2, 0.25) is 5.91 Å². The number of fused-ring (bicyclic) bond motifs is 1. The number of nitrogens with zero attached hydrogens (tertiary/aromatic N) is 1. The summed E-state index contributed by atoms with van der Waals surface area (Å²) in [4.78, 5) is 36.7. The molecule has 27 heavy (non-hydrogen) atoms. The van der Waals surface area contributed by atoms with E-state index >= 15 is 0 Å². The Bertz CT molecular complexity index is 1070. The number of pyridine rings is 1. The molecule has 0 unspecified atom stereocenters. The van der Waals surface area contributed by atoms with Gasteiger partial charge < -0.3 is 10.1 Å². The molecule has 0 saturated carbocycles. The number of carbonyl (C=O) groups is 2. The number of nitrogens with one attached hydrogen (secondary N) is 1. The van der Waals surface area contributed by atoms with Gasteiger partial charge in [-0.25, -0.2) is 4.79 Å². The van der Waals surface area contributed by atoms with Crippen molar-refractivity contribution in [2.45, 2.75) is 20.4 Å². The number of aromatic nitrogens is 1. The second-order valence-corrected chi connectivity index (χ2v) is 6.12. The van der Waals surface area contributed by atoms with Gasteiger partial charge in [-0.3, -0.25) is 14.2 Å². The van der Waals surface area contributed by atoms with Crippen LogP contribution in [-0.2, 0) is 16.1 Å². The molecule has 0 saturated heterocycles. The smallest absolute Gasteiger partial charge is 0.338 e. The summed E-state index contributed by atoms with van der Waals surface area (Å²) in [6.45, 7) is 3.75. The Labute approximate surface area is 156 Å². The van der Waals surface area contributed by atoms with E-state index in [1.165, 1.54) is 10.6 Å². The number of esters is 1. The molecule has 1 amide bonds. The third kappa shape index (κ3) is 4.06. The normalized spacial score (nSPS) is 10.6. The van der Waals surface area contributed by atoms with Crippen LogP contribution in [0.1, 0.15) is 22.8 Å². The van der Waals surface area contributed by atoms with Crippen LogP contribution in [0.15, 0.2) is 59.4 Å². The van der Waals surface area contributed by atoms with E-state index in [2.05, 4.69) is 5.32 Å². The minimum atomic E-state index is -0.450. The van der Waals surface area contributed by atoms with Crippen LogP contribution in [0.25, 0.3) is 10.9 Å². The number of anilines is 1. The number of aryl methyl sites for hydroxylation is 1. The molecule has 0 fully saturated rings. The Morgan fingerprint density at radius 1 is 1.07 bits per heavy atom. The molecule has 0 spiro atoms. The van der Waals surface area contributed by atoms with Gasteiger partial charge in [-0.15, -0.1) is 0 Å². The van der Waals surface area contributed by atoms with E-state index in [1.54, 1.807) is 31.2 Å². The first-order valence-corrected chi connectivity index (χ1v) is 8.66. The van der Waals surface area contributed by atoms with E-state index in [0.717, 1.165) is 10.9 Å². The summed E-state index contributed by atoms with van der Waals surface area (Å²) < 4.78 is 6.40. The van der Waals surface area contributed by atoms with Crippen molar-refractivity contribution in [2.24, 2.45) is 0 Å². The van der Waals surface area contributed by atoms with Crippen molar-refractivity contribution in [3.8, 4) is 0 Å². The molecular formula is C21H20N2O4. The van der Waals surface area contributed by atoms with Crippen LogP contribution in [0.4, 0.5) is 5.69 Å². The van der Waals surface area contributed by atoms with Gasteiger partial charge in [-0.2, -0.15) is 0 Å². The fourth-order valence-electron chi connectivity index (χ4n) is 2.95. The predicted molar refractivity (Wildman–Crippen MR) is 104 cm³/mol. The van der Waals surface area contributed by atoms with Crippen LogP contribution >= 0.6 is 0 Å². The standard InChI is InChI=1S/C21H20N2O4/c1-3-27-21(26)15-7-6-8-16(12-15)22-19(24)13-23-18-10-5-4-9-17(18)14(2)11-20(23)25/h4-12H,3,13H2,1-2H3,(H,22,24). The summed E-state index contributed by atoms with van der Waals surface area (Å²) in [5, 5.41) is 3.65. The fraction of sp³-hybridized carbons (Fsp3) is 0.190. The highest BCUT2D eigenvalue weighted by Gasteiger charge is 2.12. The van der Waals surface area contributed by atoms with E-state index in [0.29, 0.717) is 16.8 Å². The average molecular weight is 364 g/mol. The molecule has 1 aromatic heterocycles. The number of hydrogen-bond acceptors (Lipinski definition) is 4. The summed E-state index contributed by atoms with van der Waals surface area (Å²) in [6, 6.07) is 15.5. The quantitative estimate of drug-likeness (QED) is 0.706. The summed E-state index contributed by atoms with van der Waals surface area (Å²) >= 11 is 0. The molecule has 2 aromatic carbocycles. The molecule has 0 atom stereocenters. The van der Waals surface area contributed by atoms with Gasteiger partial charge in [-0.1, -0.05) is 24.3 Å². The predicted octanol–water partition coefficient (Wildman–Crippen LogP) is 3.13. The fourth-order valence-corrected chi connectivity index (χ4v) is 2.95. The first kappa shape index (κ1) is 18.4. The maximum atomic E-state index is 12.5. The number of hydrogen-bond donors (Lipinski definition) is 1. The van der Waals surface area contributed by atoms with Crippen molar-refractivity contribution in [1.82, 2.24) is 4.57 Å². The first-order valence-electron chi connectivity index (χ1n) is 8.66. The third-order valence-corrected chi connectivity index (χ3v) is 4.18. The molecular weight excluding hydrogens is 344 g/mol. The molecule has 6 heteroatoms. The van der Waals surface area contributed by atoms with E-state index in [-0.39, 0.29) is 24.6 Å². The van der Waals surface area contributed by atoms with Crippen LogP contribution in [0, 0.1) is 6.92 Å². The minimum absolute atomic E-state index is 0.122. The van der Waals surface area contributed by atoms with Gasteiger partial charge in [-0.05, 0) is 43.7 Å². The van der Waals surface area contributed by atoms with Gasteiger partial charge >= 0.3 is 5.97 Å². The van der Waals surface area contributed by atoms with Crippen LogP contribution in [-0.4, -0.2) is 23.1 Å². The highest BCUT2D eigenvalue weighted by atomic mass is 16.5. The second kappa shape index (κ2) is 7.86. The minimum Gasteiger partial charge on any atom is -0.462 e. The molecule has 0 radical (unpaired) electrons. The molecule has 0 aliphatic rings. The van der Waals surface area contributed by atoms with Crippen molar-refractivity contribution in [3.05, 3.63) is 76.1 Å². The third-order valence-electron chi connectivity index (χ3n) is 4.18. The molecule has 3 aromatic rings. The summed E-state index contributed by atoms with van der Waals surface area (Å²) in [5.74, 6) is -0.804. The number of rotatable bonds is 5. The highest BCUT2D eigenvalue weighted by Crippen LogP contribution is 2.16. The van der Waals surface area contributed by atoms with Crippen LogP contribution < -0.4 is 10.9 Å². The SMILES string of the molecule is CCOC(=O)c1cccc(NC(=O)Cn2c(=O)cc(C)c3ccccc32)c1. The van der Waals surface area contributed by atoms with Crippen molar-refractivity contribution in [3.63, 3.8) is 0 Å². The Balaban J connectivity index is 1.83. The molecule has 6 nitrogen and oxygen atoms in total. The van der Waals surface area contributed by atoms with E-state index in [9.17, 15) is 14.4 Å². The van der Waals surface area contributed by atoms with E-state index < -0.39 is 5.97 Å². The topological polar surface area (TPSA) is 77.4 Å². The van der Waals surface area contributed by atoms with Crippen molar-refractivity contribution >= 4 is 28.5 Å². The zero-order chi connectivity index (χ0) is 19.4. The zero-order valence-electron chi connectivity index (χ0n) is 15.2. The Hall–Kier alpha value is -3.41. The number of carbonyl (C=O) groups excluding carboxylic acids is 2. The molecule has 1 N–H and O–H groups in total. The number of benzene rings is 2. The summed E-state index contributed by atoms with van der Waals surface area (Å²) in [5.41, 5.74) is 2.16. The summed E-state index contributed by atoms with van der Waals surface area (Å²) in [6.07, 6.45) is 0. The highest BCUT2D eigenvalue weighted by molar-refractivity contribution is 5.95.